The first kappa shape index (κ1) is 18.4. The molecule has 0 fully saturated rings. The van der Waals surface area contributed by atoms with E-state index in [4.69, 9.17) is 0 Å². The number of nitro groups is 1. The highest BCUT2D eigenvalue weighted by atomic mass is 32.1. The van der Waals surface area contributed by atoms with E-state index >= 15 is 0 Å². The summed E-state index contributed by atoms with van der Waals surface area (Å²) >= 11 is 1.57. The van der Waals surface area contributed by atoms with Crippen LogP contribution in [0, 0.1) is 10.1 Å². The highest BCUT2D eigenvalue weighted by Gasteiger charge is 2.22. The molecular formula is C21H18N6O2S. The third-order valence-electron chi connectivity index (χ3n) is 5.20. The summed E-state index contributed by atoms with van der Waals surface area (Å²) in [7, 11) is 0. The SMILES string of the molecule is O=[N+]([O-])c1ccc2c(c1)CN(c1nnc(Cc3ccc(-n4cccn4)cc3)s1)CC2. The zero-order valence-corrected chi connectivity index (χ0v) is 16.8. The van der Waals surface area contributed by atoms with Gasteiger partial charge in [-0.05, 0) is 41.3 Å². The van der Waals surface area contributed by atoms with Crippen molar-refractivity contribution in [2.24, 2.45) is 0 Å². The quantitative estimate of drug-likeness (QED) is 0.362. The maximum absolute atomic E-state index is 11.1. The van der Waals surface area contributed by atoms with Crippen LogP contribution in [0.15, 0.2) is 60.9 Å². The van der Waals surface area contributed by atoms with Crippen molar-refractivity contribution in [3.8, 4) is 5.69 Å². The highest BCUT2D eigenvalue weighted by molar-refractivity contribution is 7.15. The Morgan fingerprint density at radius 3 is 2.73 bits per heavy atom. The molecule has 8 nitrogen and oxygen atoms in total. The minimum atomic E-state index is -0.347. The van der Waals surface area contributed by atoms with Crippen LogP contribution in [0.4, 0.5) is 10.8 Å². The molecule has 0 radical (unpaired) electrons. The molecule has 9 heteroatoms. The molecule has 0 amide bonds. The van der Waals surface area contributed by atoms with Crippen LogP contribution < -0.4 is 4.90 Å². The molecule has 1 aliphatic rings. The van der Waals surface area contributed by atoms with Gasteiger partial charge >= 0.3 is 0 Å². The van der Waals surface area contributed by atoms with Crippen LogP contribution in [-0.4, -0.2) is 31.4 Å². The first-order valence-electron chi connectivity index (χ1n) is 9.58. The minimum absolute atomic E-state index is 0.132. The fraction of sp³-hybridized carbons (Fsp3) is 0.190. The van der Waals surface area contributed by atoms with Gasteiger partial charge in [0.05, 0.1) is 10.6 Å². The first-order chi connectivity index (χ1) is 14.7. The van der Waals surface area contributed by atoms with Gasteiger partial charge in [0, 0.05) is 44.0 Å². The fourth-order valence-electron chi connectivity index (χ4n) is 3.63. The normalized spacial score (nSPS) is 13.3. The molecule has 0 aliphatic carbocycles. The second kappa shape index (κ2) is 7.68. The van der Waals surface area contributed by atoms with Crippen molar-refractivity contribution in [2.75, 3.05) is 11.4 Å². The van der Waals surface area contributed by atoms with Crippen LogP contribution in [0.25, 0.3) is 5.69 Å². The first-order valence-corrected chi connectivity index (χ1v) is 10.4. The van der Waals surface area contributed by atoms with Gasteiger partial charge in [-0.3, -0.25) is 10.1 Å². The Morgan fingerprint density at radius 1 is 1.10 bits per heavy atom. The van der Waals surface area contributed by atoms with Gasteiger partial charge in [-0.2, -0.15) is 5.10 Å². The Labute approximate surface area is 176 Å². The maximum Gasteiger partial charge on any atom is 0.269 e. The smallest absolute Gasteiger partial charge is 0.269 e. The third-order valence-corrected chi connectivity index (χ3v) is 6.18. The van der Waals surface area contributed by atoms with Gasteiger partial charge in [0.25, 0.3) is 5.69 Å². The lowest BCUT2D eigenvalue weighted by Crippen LogP contribution is -2.30. The maximum atomic E-state index is 11.1. The molecule has 5 rings (SSSR count). The van der Waals surface area contributed by atoms with Crippen molar-refractivity contribution in [2.45, 2.75) is 19.4 Å². The number of rotatable bonds is 5. The second-order valence-electron chi connectivity index (χ2n) is 7.15. The molecule has 0 spiro atoms. The number of hydrogen-bond acceptors (Lipinski definition) is 7. The lowest BCUT2D eigenvalue weighted by Gasteiger charge is -2.27. The third kappa shape index (κ3) is 3.67. The summed E-state index contributed by atoms with van der Waals surface area (Å²) in [6.45, 7) is 1.45. The molecule has 1 aliphatic heterocycles. The molecule has 2 aromatic carbocycles. The Bertz CT molecular complexity index is 1190. The molecule has 2 aromatic heterocycles. The predicted octanol–water partition coefficient (Wildman–Crippen LogP) is 3.79. The van der Waals surface area contributed by atoms with E-state index in [9.17, 15) is 10.1 Å². The van der Waals surface area contributed by atoms with Crippen LogP contribution in [0.1, 0.15) is 21.7 Å². The van der Waals surface area contributed by atoms with Gasteiger partial charge in [0.1, 0.15) is 5.01 Å². The Hall–Kier alpha value is -3.59. The standard InChI is InChI=1S/C21H18N6O2S/c28-27(29)19-7-4-16-8-11-25(14-17(16)13-19)21-24-23-20(30-21)12-15-2-5-18(6-3-15)26-10-1-9-22-26/h1-7,9-10,13H,8,11-12,14H2. The van der Waals surface area contributed by atoms with Gasteiger partial charge in [-0.25, -0.2) is 4.68 Å². The summed E-state index contributed by atoms with van der Waals surface area (Å²) in [5.74, 6) is 0. The fourth-order valence-corrected chi connectivity index (χ4v) is 4.52. The molecule has 0 unspecified atom stereocenters. The molecular weight excluding hydrogens is 400 g/mol. The van der Waals surface area contributed by atoms with Gasteiger partial charge < -0.3 is 4.90 Å². The number of benzene rings is 2. The van der Waals surface area contributed by atoms with Crippen molar-refractivity contribution in [1.29, 1.82) is 0 Å². The Morgan fingerprint density at radius 2 is 1.97 bits per heavy atom. The van der Waals surface area contributed by atoms with Crippen molar-refractivity contribution in [3.05, 3.63) is 92.7 Å². The topological polar surface area (TPSA) is 90.0 Å². The summed E-state index contributed by atoms with van der Waals surface area (Å²) in [6, 6.07) is 15.2. The van der Waals surface area contributed by atoms with Gasteiger partial charge in [0.2, 0.25) is 5.13 Å². The molecule has 4 aromatic rings. The summed E-state index contributed by atoms with van der Waals surface area (Å²) in [6.07, 6.45) is 5.23. The molecule has 0 N–H and O–H groups in total. The van der Waals surface area contributed by atoms with Gasteiger partial charge in [-0.1, -0.05) is 29.5 Å². The number of nitrogens with zero attached hydrogens (tertiary/aromatic N) is 6. The summed E-state index contributed by atoms with van der Waals surface area (Å²) in [5.41, 5.74) is 4.46. The lowest BCUT2D eigenvalue weighted by molar-refractivity contribution is -0.384. The summed E-state index contributed by atoms with van der Waals surface area (Å²) in [5, 5.41) is 25.8. The monoisotopic (exact) mass is 418 g/mol. The summed E-state index contributed by atoms with van der Waals surface area (Å²) in [4.78, 5) is 12.9. The zero-order valence-electron chi connectivity index (χ0n) is 16.0. The lowest BCUT2D eigenvalue weighted by atomic mass is 9.99. The number of non-ortho nitro benzene ring substituents is 1. The predicted molar refractivity (Wildman–Crippen MR) is 114 cm³/mol. The van der Waals surface area contributed by atoms with Crippen LogP contribution >= 0.6 is 11.3 Å². The van der Waals surface area contributed by atoms with Crippen molar-refractivity contribution >= 4 is 22.2 Å². The van der Waals surface area contributed by atoms with Gasteiger partial charge in [0.15, 0.2) is 0 Å². The van der Waals surface area contributed by atoms with E-state index in [1.54, 1.807) is 29.7 Å². The zero-order chi connectivity index (χ0) is 20.5. The van der Waals surface area contributed by atoms with Crippen LogP contribution in [0.5, 0.6) is 0 Å². The van der Waals surface area contributed by atoms with E-state index in [1.807, 2.05) is 35.1 Å². The van der Waals surface area contributed by atoms with Crippen molar-refractivity contribution in [3.63, 3.8) is 0 Å². The number of anilines is 1. The average molecular weight is 418 g/mol. The van der Waals surface area contributed by atoms with Gasteiger partial charge in [-0.15, -0.1) is 10.2 Å². The highest BCUT2D eigenvalue weighted by Crippen LogP contribution is 2.29. The largest absolute Gasteiger partial charge is 0.342 e. The number of aromatic nitrogens is 4. The van der Waals surface area contributed by atoms with E-state index in [1.165, 1.54) is 5.56 Å². The van der Waals surface area contributed by atoms with Crippen molar-refractivity contribution in [1.82, 2.24) is 20.0 Å². The van der Waals surface area contributed by atoms with Crippen molar-refractivity contribution < 1.29 is 4.92 Å². The average Bonchev–Trinajstić information content (AvgIpc) is 3.46. The van der Waals surface area contributed by atoms with Crippen LogP contribution in [0.3, 0.4) is 0 Å². The number of nitro benzene ring substituents is 1. The van der Waals surface area contributed by atoms with E-state index < -0.39 is 0 Å². The number of hydrogen-bond donors (Lipinski definition) is 0. The molecule has 0 saturated carbocycles. The van der Waals surface area contributed by atoms with E-state index in [0.717, 1.165) is 39.9 Å². The molecule has 0 bridgehead atoms. The minimum Gasteiger partial charge on any atom is -0.342 e. The number of fused-ring (bicyclic) bond motifs is 1. The molecule has 3 heterocycles. The van der Waals surface area contributed by atoms with E-state index in [-0.39, 0.29) is 10.6 Å². The van der Waals surface area contributed by atoms with Crippen LogP contribution in [-0.2, 0) is 19.4 Å². The second-order valence-corrected chi connectivity index (χ2v) is 8.19. The molecule has 150 valence electrons. The van der Waals surface area contributed by atoms with Crippen LogP contribution in [0.2, 0.25) is 0 Å². The summed E-state index contributed by atoms with van der Waals surface area (Å²) < 4.78 is 1.82. The van der Waals surface area contributed by atoms with E-state index in [0.29, 0.717) is 13.0 Å². The Balaban J connectivity index is 1.29. The molecule has 0 atom stereocenters. The molecule has 0 saturated heterocycles. The van der Waals surface area contributed by atoms with E-state index in [2.05, 4.69) is 32.3 Å². The Kier molecular flexibility index (Phi) is 4.72. The molecule has 30 heavy (non-hydrogen) atoms.